The van der Waals surface area contributed by atoms with Gasteiger partial charge in [-0.2, -0.15) is 4.31 Å². The highest BCUT2D eigenvalue weighted by molar-refractivity contribution is 7.89. The summed E-state index contributed by atoms with van der Waals surface area (Å²) in [5, 5.41) is 2.82. The summed E-state index contributed by atoms with van der Waals surface area (Å²) in [6.07, 6.45) is 0. The predicted molar refractivity (Wildman–Crippen MR) is 109 cm³/mol. The Hall–Kier alpha value is -2.58. The summed E-state index contributed by atoms with van der Waals surface area (Å²) in [6, 6.07) is 10.2. The molecule has 2 aromatic rings. The maximum atomic E-state index is 13.1. The number of hydrogen-bond acceptors (Lipinski definition) is 5. The van der Waals surface area contributed by atoms with Gasteiger partial charge >= 0.3 is 0 Å². The van der Waals surface area contributed by atoms with E-state index in [1.54, 1.807) is 13.0 Å². The zero-order valence-corrected chi connectivity index (χ0v) is 17.6. The number of aryl methyl sites for hydroxylation is 2. The van der Waals surface area contributed by atoms with Crippen LogP contribution in [0.4, 0.5) is 5.69 Å². The lowest BCUT2D eigenvalue weighted by atomic mass is 10.1. The average molecular weight is 407 g/mol. The van der Waals surface area contributed by atoms with Gasteiger partial charge in [-0.1, -0.05) is 25.1 Å². The second-order valence-corrected chi connectivity index (χ2v) is 8.17. The Morgan fingerprint density at radius 1 is 1.07 bits per heavy atom. The van der Waals surface area contributed by atoms with Gasteiger partial charge in [0.1, 0.15) is 16.4 Å². The molecule has 0 spiro atoms. The maximum absolute atomic E-state index is 13.1. The fourth-order valence-corrected chi connectivity index (χ4v) is 4.42. The number of anilines is 1. The second kappa shape index (κ2) is 9.07. The fourth-order valence-electron chi connectivity index (χ4n) is 2.84. The van der Waals surface area contributed by atoms with Gasteiger partial charge in [0, 0.05) is 18.3 Å². The van der Waals surface area contributed by atoms with E-state index in [4.69, 9.17) is 9.47 Å². The summed E-state index contributed by atoms with van der Waals surface area (Å²) < 4.78 is 37.7. The first kappa shape index (κ1) is 21.7. The van der Waals surface area contributed by atoms with Crippen molar-refractivity contribution in [1.29, 1.82) is 0 Å². The molecule has 28 heavy (non-hydrogen) atoms. The Kier molecular flexibility index (Phi) is 7.04. The number of carbonyl (C=O) groups excluding carboxylic acids is 1. The summed E-state index contributed by atoms with van der Waals surface area (Å²) in [5.74, 6) is 0.162. The molecular formula is C20H26N2O5S. The van der Waals surface area contributed by atoms with Gasteiger partial charge < -0.3 is 14.8 Å². The molecule has 0 aliphatic heterocycles. The van der Waals surface area contributed by atoms with Gasteiger partial charge in [-0.05, 0) is 37.1 Å². The highest BCUT2D eigenvalue weighted by Crippen LogP contribution is 2.30. The summed E-state index contributed by atoms with van der Waals surface area (Å²) >= 11 is 0. The van der Waals surface area contributed by atoms with Gasteiger partial charge in [0.25, 0.3) is 0 Å². The maximum Gasteiger partial charge on any atom is 0.247 e. The molecule has 0 bridgehead atoms. The van der Waals surface area contributed by atoms with Crippen LogP contribution in [0.2, 0.25) is 0 Å². The molecule has 0 unspecified atom stereocenters. The Labute approximate surface area is 166 Å². The van der Waals surface area contributed by atoms with Crippen LogP contribution in [0.25, 0.3) is 0 Å². The first-order chi connectivity index (χ1) is 13.2. The molecule has 0 aromatic heterocycles. The minimum absolute atomic E-state index is 0.0453. The number of likely N-dealkylation sites (N-methyl/N-ethyl adjacent to an activating group) is 1. The number of methoxy groups -OCH3 is 2. The standard InChI is InChI=1S/C20H26N2O5S/c1-6-22(13-19(23)21-20-14(2)8-7-9-15(20)3)28(24,25)18-12-16(26-4)10-11-17(18)27-5/h7-12H,6,13H2,1-5H3,(H,21,23). The van der Waals surface area contributed by atoms with Crippen molar-refractivity contribution in [3.8, 4) is 11.5 Å². The molecule has 0 atom stereocenters. The largest absolute Gasteiger partial charge is 0.497 e. The van der Waals surface area contributed by atoms with E-state index in [-0.39, 0.29) is 23.7 Å². The molecule has 8 heteroatoms. The van der Waals surface area contributed by atoms with E-state index in [0.29, 0.717) is 11.4 Å². The van der Waals surface area contributed by atoms with Gasteiger partial charge in [-0.15, -0.1) is 0 Å². The first-order valence-corrected chi connectivity index (χ1v) is 10.3. The molecule has 0 fully saturated rings. The van der Waals surface area contributed by atoms with Gasteiger partial charge in [0.15, 0.2) is 0 Å². The zero-order valence-electron chi connectivity index (χ0n) is 16.8. The summed E-state index contributed by atoms with van der Waals surface area (Å²) in [6.45, 7) is 5.27. The van der Waals surface area contributed by atoms with E-state index in [2.05, 4.69) is 5.32 Å². The zero-order chi connectivity index (χ0) is 20.9. The third-order valence-electron chi connectivity index (χ3n) is 4.41. The van der Waals surface area contributed by atoms with Crippen LogP contribution in [0.1, 0.15) is 18.1 Å². The van der Waals surface area contributed by atoms with Crippen molar-refractivity contribution >= 4 is 21.6 Å². The number of para-hydroxylation sites is 1. The quantitative estimate of drug-likeness (QED) is 0.729. The number of nitrogens with one attached hydrogen (secondary N) is 1. The topological polar surface area (TPSA) is 84.9 Å². The average Bonchev–Trinajstić information content (AvgIpc) is 2.68. The molecule has 1 N–H and O–H groups in total. The SMILES string of the molecule is CCN(CC(=O)Nc1c(C)cccc1C)S(=O)(=O)c1cc(OC)ccc1OC. The predicted octanol–water partition coefficient (Wildman–Crippen LogP) is 2.97. The highest BCUT2D eigenvalue weighted by atomic mass is 32.2. The van der Waals surface area contributed by atoms with Crippen LogP contribution in [-0.2, 0) is 14.8 Å². The highest BCUT2D eigenvalue weighted by Gasteiger charge is 2.29. The summed E-state index contributed by atoms with van der Waals surface area (Å²) in [4.78, 5) is 12.5. The number of benzene rings is 2. The van der Waals surface area contributed by atoms with E-state index < -0.39 is 15.9 Å². The normalized spacial score (nSPS) is 11.4. The second-order valence-electron chi connectivity index (χ2n) is 6.26. The molecule has 0 saturated heterocycles. The third kappa shape index (κ3) is 4.63. The number of amides is 1. The van der Waals surface area contributed by atoms with E-state index in [0.717, 1.165) is 15.4 Å². The fraction of sp³-hybridized carbons (Fsp3) is 0.350. The van der Waals surface area contributed by atoms with E-state index >= 15 is 0 Å². The minimum Gasteiger partial charge on any atom is -0.497 e. The first-order valence-electron chi connectivity index (χ1n) is 8.82. The van der Waals surface area contributed by atoms with E-state index in [1.165, 1.54) is 26.4 Å². The number of nitrogens with zero attached hydrogens (tertiary/aromatic N) is 1. The van der Waals surface area contributed by atoms with E-state index in [9.17, 15) is 13.2 Å². The molecule has 7 nitrogen and oxygen atoms in total. The molecule has 1 amide bonds. The Bertz CT molecular complexity index is 937. The Morgan fingerprint density at radius 3 is 2.25 bits per heavy atom. The van der Waals surface area contributed by atoms with Gasteiger partial charge in [0.2, 0.25) is 15.9 Å². The number of rotatable bonds is 8. The smallest absolute Gasteiger partial charge is 0.247 e. The Balaban J connectivity index is 2.30. The molecular weight excluding hydrogens is 380 g/mol. The van der Waals surface area contributed by atoms with Gasteiger partial charge in [0.05, 0.1) is 20.8 Å². The van der Waals surface area contributed by atoms with Crippen molar-refractivity contribution in [2.45, 2.75) is 25.7 Å². The molecule has 2 aromatic carbocycles. The lowest BCUT2D eigenvalue weighted by Gasteiger charge is -2.22. The van der Waals surface area contributed by atoms with Crippen molar-refractivity contribution in [2.24, 2.45) is 0 Å². The van der Waals surface area contributed by atoms with E-state index in [1.807, 2.05) is 32.0 Å². The molecule has 2 rings (SSSR count). The molecule has 0 radical (unpaired) electrons. The monoisotopic (exact) mass is 406 g/mol. The van der Waals surface area contributed by atoms with Crippen LogP contribution in [0.15, 0.2) is 41.3 Å². The van der Waals surface area contributed by atoms with Crippen LogP contribution < -0.4 is 14.8 Å². The molecule has 0 aliphatic carbocycles. The summed E-state index contributed by atoms with van der Waals surface area (Å²) in [7, 11) is -1.12. The van der Waals surface area contributed by atoms with Gasteiger partial charge in [-0.3, -0.25) is 4.79 Å². The van der Waals surface area contributed by atoms with Crippen LogP contribution in [0, 0.1) is 13.8 Å². The van der Waals surface area contributed by atoms with Crippen molar-refractivity contribution < 1.29 is 22.7 Å². The van der Waals surface area contributed by atoms with Crippen LogP contribution in [-0.4, -0.2) is 45.9 Å². The minimum atomic E-state index is -3.97. The third-order valence-corrected chi connectivity index (χ3v) is 6.35. The lowest BCUT2D eigenvalue weighted by molar-refractivity contribution is -0.116. The lowest BCUT2D eigenvalue weighted by Crippen LogP contribution is -2.38. The van der Waals surface area contributed by atoms with Crippen molar-refractivity contribution in [3.05, 3.63) is 47.5 Å². The number of hydrogen-bond donors (Lipinski definition) is 1. The molecule has 0 aliphatic rings. The summed E-state index contributed by atoms with van der Waals surface area (Å²) in [5.41, 5.74) is 2.52. The van der Waals surface area contributed by atoms with Crippen molar-refractivity contribution in [2.75, 3.05) is 32.6 Å². The van der Waals surface area contributed by atoms with Gasteiger partial charge in [-0.25, -0.2) is 8.42 Å². The van der Waals surface area contributed by atoms with Crippen molar-refractivity contribution in [3.63, 3.8) is 0 Å². The molecule has 0 saturated carbocycles. The Morgan fingerprint density at radius 2 is 1.71 bits per heavy atom. The van der Waals surface area contributed by atoms with Crippen molar-refractivity contribution in [1.82, 2.24) is 4.31 Å². The molecule has 0 heterocycles. The van der Waals surface area contributed by atoms with Crippen LogP contribution >= 0.6 is 0 Å². The number of sulfonamides is 1. The number of carbonyl (C=O) groups is 1. The van der Waals surface area contributed by atoms with Crippen LogP contribution in [0.3, 0.4) is 0 Å². The number of ether oxygens (including phenoxy) is 2. The van der Waals surface area contributed by atoms with Crippen LogP contribution in [0.5, 0.6) is 11.5 Å². The molecule has 152 valence electrons.